The summed E-state index contributed by atoms with van der Waals surface area (Å²) in [5, 5.41) is 0.962. The molecule has 1 atom stereocenters. The van der Waals surface area contributed by atoms with Gasteiger partial charge in [-0.15, -0.1) is 0 Å². The molecule has 8 heteroatoms. The van der Waals surface area contributed by atoms with E-state index in [-0.39, 0.29) is 12.0 Å². The lowest BCUT2D eigenvalue weighted by atomic mass is 10.1. The lowest BCUT2D eigenvalue weighted by molar-refractivity contribution is -0.0229. The Labute approximate surface area is 154 Å². The molecule has 0 spiro atoms. The molecule has 0 radical (unpaired) electrons. The molecule has 2 aromatic heterocycles. The molecule has 25 heavy (non-hydrogen) atoms. The Bertz CT molecular complexity index is 910. The van der Waals surface area contributed by atoms with Gasteiger partial charge in [0.2, 0.25) is 5.78 Å². The van der Waals surface area contributed by atoms with Gasteiger partial charge in [0.05, 0.1) is 23.2 Å². The third-order valence-electron chi connectivity index (χ3n) is 4.12. The van der Waals surface area contributed by atoms with Crippen LogP contribution in [0, 0.1) is 0 Å². The SMILES string of the molecule is O=C(c1cn2cccnc2n1)N1CCOC(c2ccc(Cl)c(Cl)c2)C1. The summed E-state index contributed by atoms with van der Waals surface area (Å²) in [6.07, 6.45) is 4.90. The van der Waals surface area contributed by atoms with Crippen LogP contribution >= 0.6 is 23.2 Å². The number of hydrogen-bond acceptors (Lipinski definition) is 4. The van der Waals surface area contributed by atoms with E-state index in [1.165, 1.54) is 0 Å². The zero-order valence-corrected chi connectivity index (χ0v) is 14.6. The second-order valence-electron chi connectivity index (χ2n) is 5.74. The van der Waals surface area contributed by atoms with E-state index in [4.69, 9.17) is 27.9 Å². The molecular formula is C17H14Cl2N4O2. The number of ether oxygens (including phenoxy) is 1. The van der Waals surface area contributed by atoms with Crippen LogP contribution in [0.3, 0.4) is 0 Å². The van der Waals surface area contributed by atoms with Crippen LogP contribution in [0.25, 0.3) is 5.78 Å². The smallest absolute Gasteiger partial charge is 0.274 e. The molecule has 0 N–H and O–H groups in total. The van der Waals surface area contributed by atoms with E-state index in [0.29, 0.717) is 41.2 Å². The van der Waals surface area contributed by atoms with Crippen molar-refractivity contribution in [3.8, 4) is 0 Å². The van der Waals surface area contributed by atoms with Crippen LogP contribution in [0.1, 0.15) is 22.2 Å². The van der Waals surface area contributed by atoms with E-state index in [1.54, 1.807) is 39.9 Å². The second kappa shape index (κ2) is 6.63. The van der Waals surface area contributed by atoms with Gasteiger partial charge in [0, 0.05) is 25.1 Å². The normalized spacial score (nSPS) is 17.8. The molecule has 1 fully saturated rings. The van der Waals surface area contributed by atoms with Crippen LogP contribution in [0.5, 0.6) is 0 Å². The molecule has 0 bridgehead atoms. The number of halogens is 2. The molecule has 1 amide bonds. The van der Waals surface area contributed by atoms with E-state index in [0.717, 1.165) is 5.56 Å². The van der Waals surface area contributed by atoms with Crippen molar-refractivity contribution < 1.29 is 9.53 Å². The maximum atomic E-state index is 12.8. The van der Waals surface area contributed by atoms with Gasteiger partial charge >= 0.3 is 0 Å². The first-order valence-electron chi connectivity index (χ1n) is 7.77. The molecule has 6 nitrogen and oxygen atoms in total. The minimum Gasteiger partial charge on any atom is -0.370 e. The maximum absolute atomic E-state index is 12.8. The summed E-state index contributed by atoms with van der Waals surface area (Å²) in [4.78, 5) is 23.0. The van der Waals surface area contributed by atoms with Crippen molar-refractivity contribution in [2.75, 3.05) is 19.7 Å². The largest absolute Gasteiger partial charge is 0.370 e. The molecule has 1 aromatic carbocycles. The number of carbonyl (C=O) groups is 1. The monoisotopic (exact) mass is 376 g/mol. The molecule has 1 aliphatic rings. The number of benzene rings is 1. The third kappa shape index (κ3) is 3.20. The minimum atomic E-state index is -0.248. The highest BCUT2D eigenvalue weighted by Crippen LogP contribution is 2.29. The third-order valence-corrected chi connectivity index (χ3v) is 4.86. The van der Waals surface area contributed by atoms with Crippen LogP contribution < -0.4 is 0 Å². The summed E-state index contributed by atoms with van der Waals surface area (Å²) in [5.74, 6) is 0.360. The predicted octanol–water partition coefficient (Wildman–Crippen LogP) is 3.25. The maximum Gasteiger partial charge on any atom is 0.274 e. The molecule has 1 aliphatic heterocycles. The summed E-state index contributed by atoms with van der Waals surface area (Å²) in [5.41, 5.74) is 1.26. The topological polar surface area (TPSA) is 59.7 Å². The van der Waals surface area contributed by atoms with Crippen molar-refractivity contribution in [3.05, 3.63) is 64.2 Å². The molecule has 1 saturated heterocycles. The van der Waals surface area contributed by atoms with Crippen molar-refractivity contribution in [2.45, 2.75) is 6.10 Å². The second-order valence-corrected chi connectivity index (χ2v) is 6.55. The Kier molecular flexibility index (Phi) is 4.33. The first kappa shape index (κ1) is 16.3. The van der Waals surface area contributed by atoms with Gasteiger partial charge in [-0.2, -0.15) is 0 Å². The molecular weight excluding hydrogens is 363 g/mol. The van der Waals surface area contributed by atoms with Crippen LogP contribution in [0.4, 0.5) is 0 Å². The van der Waals surface area contributed by atoms with Gasteiger partial charge in [-0.1, -0.05) is 29.3 Å². The van der Waals surface area contributed by atoms with Gasteiger partial charge < -0.3 is 9.64 Å². The summed E-state index contributed by atoms with van der Waals surface area (Å²) >= 11 is 12.0. The van der Waals surface area contributed by atoms with Crippen molar-refractivity contribution in [1.29, 1.82) is 0 Å². The molecule has 1 unspecified atom stereocenters. The molecule has 0 aliphatic carbocycles. The summed E-state index contributed by atoms with van der Waals surface area (Å²) in [7, 11) is 0. The Morgan fingerprint density at radius 2 is 2.16 bits per heavy atom. The number of nitrogens with zero attached hydrogens (tertiary/aromatic N) is 4. The summed E-state index contributed by atoms with van der Waals surface area (Å²) in [6.45, 7) is 1.39. The molecule has 0 saturated carbocycles. The van der Waals surface area contributed by atoms with E-state index in [1.807, 2.05) is 12.3 Å². The lowest BCUT2D eigenvalue weighted by Gasteiger charge is -2.32. The number of aromatic nitrogens is 3. The Balaban J connectivity index is 1.55. The average molecular weight is 377 g/mol. The molecule has 4 rings (SSSR count). The fourth-order valence-electron chi connectivity index (χ4n) is 2.84. The van der Waals surface area contributed by atoms with Gasteiger partial charge in [-0.05, 0) is 23.8 Å². The fraction of sp³-hybridized carbons (Fsp3) is 0.235. The fourth-order valence-corrected chi connectivity index (χ4v) is 3.15. The standard InChI is InChI=1S/C17H14Cl2N4O2/c18-12-3-2-11(8-13(12)19)15-10-22(6-7-25-15)16(24)14-9-23-5-1-4-20-17(23)21-14/h1-5,8-9,15H,6-7,10H2. The predicted molar refractivity (Wildman–Crippen MR) is 94.0 cm³/mol. The summed E-state index contributed by atoms with van der Waals surface area (Å²) in [6, 6.07) is 7.16. The molecule has 128 valence electrons. The van der Waals surface area contributed by atoms with E-state index in [2.05, 4.69) is 9.97 Å². The van der Waals surface area contributed by atoms with E-state index in [9.17, 15) is 4.79 Å². The van der Waals surface area contributed by atoms with Gasteiger partial charge in [-0.3, -0.25) is 9.20 Å². The van der Waals surface area contributed by atoms with E-state index < -0.39 is 0 Å². The number of morpholine rings is 1. The van der Waals surface area contributed by atoms with Crippen molar-refractivity contribution in [2.24, 2.45) is 0 Å². The van der Waals surface area contributed by atoms with Crippen molar-refractivity contribution in [3.63, 3.8) is 0 Å². The first-order valence-corrected chi connectivity index (χ1v) is 8.53. The van der Waals surface area contributed by atoms with Crippen molar-refractivity contribution >= 4 is 34.9 Å². The molecule has 3 heterocycles. The minimum absolute atomic E-state index is 0.140. The number of hydrogen-bond donors (Lipinski definition) is 0. The average Bonchev–Trinajstić information content (AvgIpc) is 3.07. The number of carbonyl (C=O) groups excluding carboxylic acids is 1. The first-order chi connectivity index (χ1) is 12.1. The van der Waals surface area contributed by atoms with Gasteiger partial charge in [0.25, 0.3) is 5.91 Å². The van der Waals surface area contributed by atoms with Crippen LogP contribution in [-0.4, -0.2) is 44.9 Å². The van der Waals surface area contributed by atoms with Crippen LogP contribution in [0.2, 0.25) is 10.0 Å². The van der Waals surface area contributed by atoms with Gasteiger partial charge in [0.1, 0.15) is 11.8 Å². The van der Waals surface area contributed by atoms with E-state index >= 15 is 0 Å². The van der Waals surface area contributed by atoms with Gasteiger partial charge in [-0.25, -0.2) is 9.97 Å². The van der Waals surface area contributed by atoms with Crippen LogP contribution in [-0.2, 0) is 4.74 Å². The highest BCUT2D eigenvalue weighted by molar-refractivity contribution is 6.42. The zero-order chi connectivity index (χ0) is 17.4. The Morgan fingerprint density at radius 3 is 2.96 bits per heavy atom. The molecule has 3 aromatic rings. The highest BCUT2D eigenvalue weighted by Gasteiger charge is 2.27. The summed E-state index contributed by atoms with van der Waals surface area (Å²) < 4.78 is 7.53. The number of rotatable bonds is 2. The van der Waals surface area contributed by atoms with Gasteiger partial charge in [0.15, 0.2) is 0 Å². The zero-order valence-electron chi connectivity index (χ0n) is 13.1. The lowest BCUT2D eigenvalue weighted by Crippen LogP contribution is -2.42. The number of fused-ring (bicyclic) bond motifs is 1. The Hall–Kier alpha value is -2.15. The van der Waals surface area contributed by atoms with Crippen LogP contribution in [0.15, 0.2) is 42.9 Å². The highest BCUT2D eigenvalue weighted by atomic mass is 35.5. The Morgan fingerprint density at radius 1 is 1.28 bits per heavy atom. The quantitative estimate of drug-likeness (QED) is 0.688. The van der Waals surface area contributed by atoms with Crippen molar-refractivity contribution in [1.82, 2.24) is 19.3 Å². The number of amides is 1. The number of imidazole rings is 1.